The first-order chi connectivity index (χ1) is 13.0. The monoisotopic (exact) mass is 394 g/mol. The van der Waals surface area contributed by atoms with Crippen molar-refractivity contribution in [2.24, 2.45) is 0 Å². The Morgan fingerprint density at radius 2 is 1.85 bits per heavy atom. The van der Waals surface area contributed by atoms with Crippen LogP contribution in [0, 0.1) is 0 Å². The van der Waals surface area contributed by atoms with Crippen molar-refractivity contribution in [1.82, 2.24) is 19.4 Å². The fourth-order valence-corrected chi connectivity index (χ4v) is 5.24. The Bertz CT molecular complexity index is 714. The minimum Gasteiger partial charge on any atom is -0.338 e. The van der Waals surface area contributed by atoms with Gasteiger partial charge in [-0.2, -0.15) is 4.31 Å². The molecule has 0 unspecified atom stereocenters. The van der Waals surface area contributed by atoms with Crippen LogP contribution in [0.4, 0.5) is 4.79 Å². The number of urea groups is 1. The summed E-state index contributed by atoms with van der Waals surface area (Å²) in [5.41, 5.74) is 0. The van der Waals surface area contributed by atoms with Crippen LogP contribution in [0.1, 0.15) is 26.2 Å². The van der Waals surface area contributed by atoms with Crippen molar-refractivity contribution < 1.29 is 13.2 Å². The lowest BCUT2D eigenvalue weighted by molar-refractivity contribution is 0.0967. The smallest absolute Gasteiger partial charge is 0.317 e. The molecule has 0 spiro atoms. The van der Waals surface area contributed by atoms with Gasteiger partial charge in [0.2, 0.25) is 10.0 Å². The van der Waals surface area contributed by atoms with Gasteiger partial charge < -0.3 is 15.1 Å². The predicted molar refractivity (Wildman–Crippen MR) is 105 cm³/mol. The van der Waals surface area contributed by atoms with Crippen LogP contribution in [0.15, 0.2) is 35.2 Å². The fourth-order valence-electron chi connectivity index (χ4n) is 3.62. The maximum Gasteiger partial charge on any atom is 0.317 e. The quantitative estimate of drug-likeness (QED) is 0.727. The zero-order valence-electron chi connectivity index (χ0n) is 16.0. The van der Waals surface area contributed by atoms with Gasteiger partial charge in [-0.1, -0.05) is 25.1 Å². The zero-order valence-corrected chi connectivity index (χ0v) is 16.8. The molecule has 0 aliphatic carbocycles. The topological polar surface area (TPSA) is 73.0 Å². The first-order valence-electron chi connectivity index (χ1n) is 9.84. The third kappa shape index (κ3) is 4.80. The molecular formula is C19H30N4O3S. The van der Waals surface area contributed by atoms with Crippen LogP contribution in [-0.2, 0) is 10.0 Å². The van der Waals surface area contributed by atoms with E-state index in [4.69, 9.17) is 0 Å². The Morgan fingerprint density at radius 3 is 2.48 bits per heavy atom. The normalized spacial score (nSPS) is 18.7. The van der Waals surface area contributed by atoms with E-state index in [9.17, 15) is 13.2 Å². The van der Waals surface area contributed by atoms with Crippen molar-refractivity contribution in [3.8, 4) is 0 Å². The summed E-state index contributed by atoms with van der Waals surface area (Å²) < 4.78 is 28.0. The van der Waals surface area contributed by atoms with Crippen molar-refractivity contribution in [1.29, 1.82) is 0 Å². The molecule has 3 rings (SSSR count). The molecule has 2 aliphatic rings. The number of nitrogens with zero attached hydrogens (tertiary/aromatic N) is 3. The van der Waals surface area contributed by atoms with Gasteiger partial charge in [0.25, 0.3) is 0 Å². The van der Waals surface area contributed by atoms with Crippen molar-refractivity contribution in [3.63, 3.8) is 0 Å². The van der Waals surface area contributed by atoms with Gasteiger partial charge in [-0.05, 0) is 44.5 Å². The molecule has 27 heavy (non-hydrogen) atoms. The highest BCUT2D eigenvalue weighted by molar-refractivity contribution is 7.89. The first kappa shape index (κ1) is 20.1. The molecule has 150 valence electrons. The largest absolute Gasteiger partial charge is 0.338 e. The number of nitrogens with one attached hydrogen (secondary N) is 1. The summed E-state index contributed by atoms with van der Waals surface area (Å²) in [6, 6.07) is 8.32. The molecule has 8 heteroatoms. The zero-order chi connectivity index (χ0) is 19.3. The van der Waals surface area contributed by atoms with Crippen LogP contribution in [0.3, 0.4) is 0 Å². The molecule has 0 radical (unpaired) electrons. The molecule has 0 saturated carbocycles. The molecule has 0 atom stereocenters. The molecule has 1 aromatic rings. The van der Waals surface area contributed by atoms with E-state index in [2.05, 4.69) is 10.2 Å². The van der Waals surface area contributed by atoms with Crippen molar-refractivity contribution >= 4 is 16.1 Å². The lowest BCUT2D eigenvalue weighted by Gasteiger charge is -2.44. The van der Waals surface area contributed by atoms with Gasteiger partial charge in [0.05, 0.1) is 10.9 Å². The van der Waals surface area contributed by atoms with E-state index >= 15 is 0 Å². The maximum absolute atomic E-state index is 13.2. The van der Waals surface area contributed by atoms with Crippen molar-refractivity contribution in [3.05, 3.63) is 30.3 Å². The summed E-state index contributed by atoms with van der Waals surface area (Å²) >= 11 is 0. The number of carbonyl (C=O) groups is 1. The van der Waals surface area contributed by atoms with E-state index in [-0.39, 0.29) is 12.1 Å². The Hall–Kier alpha value is -1.64. The van der Waals surface area contributed by atoms with Crippen molar-refractivity contribution in [2.75, 3.05) is 45.8 Å². The fraction of sp³-hybridized carbons (Fsp3) is 0.632. The van der Waals surface area contributed by atoms with Gasteiger partial charge in [0.1, 0.15) is 0 Å². The van der Waals surface area contributed by atoms with Gasteiger partial charge in [-0.25, -0.2) is 13.2 Å². The minimum atomic E-state index is -3.57. The highest BCUT2D eigenvalue weighted by Crippen LogP contribution is 2.24. The molecule has 1 aromatic carbocycles. The Labute approximate surface area is 162 Å². The van der Waals surface area contributed by atoms with Gasteiger partial charge in [-0.3, -0.25) is 0 Å². The summed E-state index contributed by atoms with van der Waals surface area (Å²) in [6.07, 6.45) is 3.24. The Kier molecular flexibility index (Phi) is 6.73. The third-order valence-corrected chi connectivity index (χ3v) is 7.23. The molecule has 7 nitrogen and oxygen atoms in total. The molecule has 1 N–H and O–H groups in total. The molecule has 2 heterocycles. The predicted octanol–water partition coefficient (Wildman–Crippen LogP) is 1.58. The summed E-state index contributed by atoms with van der Waals surface area (Å²) in [4.78, 5) is 16.4. The number of amides is 2. The summed E-state index contributed by atoms with van der Waals surface area (Å²) in [6.45, 7) is 6.82. The minimum absolute atomic E-state index is 0.107. The molecular weight excluding hydrogens is 364 g/mol. The lowest BCUT2D eigenvalue weighted by atomic mass is 10.1. The molecule has 0 aromatic heterocycles. The molecule has 0 bridgehead atoms. The molecule has 2 amide bonds. The van der Waals surface area contributed by atoms with Crippen molar-refractivity contribution in [2.45, 2.75) is 37.1 Å². The summed E-state index contributed by atoms with van der Waals surface area (Å²) in [7, 11) is -3.57. The van der Waals surface area contributed by atoms with E-state index in [1.165, 1.54) is 12.8 Å². The highest BCUT2D eigenvalue weighted by Gasteiger charge is 2.40. The number of rotatable bonds is 8. The maximum atomic E-state index is 13.2. The van der Waals surface area contributed by atoms with E-state index in [1.54, 1.807) is 33.5 Å². The standard InChI is InChI=1S/C19H30N4O3S/c1-2-10-20-19(24)22-15-17(16-22)23(14-13-21-11-6-7-12-21)27(25,26)18-8-4-3-5-9-18/h3-5,8-9,17H,2,6-7,10-16H2,1H3,(H,20,24). The number of benzene rings is 1. The molecule has 2 fully saturated rings. The third-order valence-electron chi connectivity index (χ3n) is 5.27. The average Bonchev–Trinajstić information content (AvgIpc) is 3.15. The Balaban J connectivity index is 1.68. The van der Waals surface area contributed by atoms with Gasteiger partial charge in [0, 0.05) is 32.7 Å². The van der Waals surface area contributed by atoms with E-state index in [0.29, 0.717) is 31.1 Å². The Morgan fingerprint density at radius 1 is 1.19 bits per heavy atom. The second-order valence-electron chi connectivity index (χ2n) is 7.27. The number of likely N-dealkylation sites (tertiary alicyclic amines) is 2. The highest BCUT2D eigenvalue weighted by atomic mass is 32.2. The van der Waals surface area contributed by atoms with Crippen LogP contribution < -0.4 is 5.32 Å². The lowest BCUT2D eigenvalue weighted by Crippen LogP contribution is -2.64. The van der Waals surface area contributed by atoms with Crippen LogP contribution in [-0.4, -0.2) is 80.4 Å². The SMILES string of the molecule is CCCNC(=O)N1CC(N(CCN2CCCC2)S(=O)(=O)c2ccccc2)C1. The number of hydrogen-bond donors (Lipinski definition) is 1. The van der Waals surface area contributed by atoms with E-state index < -0.39 is 10.0 Å². The molecule has 2 aliphatic heterocycles. The van der Waals surface area contributed by atoms with Crippen LogP contribution in [0.5, 0.6) is 0 Å². The number of carbonyl (C=O) groups excluding carboxylic acids is 1. The van der Waals surface area contributed by atoms with Gasteiger partial charge in [0.15, 0.2) is 0 Å². The van der Waals surface area contributed by atoms with E-state index in [1.807, 2.05) is 13.0 Å². The second-order valence-corrected chi connectivity index (χ2v) is 9.16. The summed E-state index contributed by atoms with van der Waals surface area (Å²) in [5.74, 6) is 0. The van der Waals surface area contributed by atoms with Gasteiger partial charge >= 0.3 is 6.03 Å². The summed E-state index contributed by atoms with van der Waals surface area (Å²) in [5, 5.41) is 2.85. The van der Waals surface area contributed by atoms with Crippen LogP contribution >= 0.6 is 0 Å². The van der Waals surface area contributed by atoms with Crippen LogP contribution in [0.2, 0.25) is 0 Å². The van der Waals surface area contributed by atoms with Crippen LogP contribution in [0.25, 0.3) is 0 Å². The average molecular weight is 395 g/mol. The van der Waals surface area contributed by atoms with Gasteiger partial charge in [-0.15, -0.1) is 0 Å². The second kappa shape index (κ2) is 9.03. The number of hydrogen-bond acceptors (Lipinski definition) is 4. The first-order valence-corrected chi connectivity index (χ1v) is 11.3. The number of sulfonamides is 1. The molecule has 2 saturated heterocycles. The van der Waals surface area contributed by atoms with E-state index in [0.717, 1.165) is 26.1 Å².